The summed E-state index contributed by atoms with van der Waals surface area (Å²) in [6, 6.07) is 7.49. The zero-order valence-electron chi connectivity index (χ0n) is 17.7. The summed E-state index contributed by atoms with van der Waals surface area (Å²) in [6.45, 7) is 8.46. The van der Waals surface area contributed by atoms with Crippen molar-refractivity contribution in [2.24, 2.45) is 0 Å². The summed E-state index contributed by atoms with van der Waals surface area (Å²) in [5.74, 6) is 9.68. The molecule has 0 bridgehead atoms. The first kappa shape index (κ1) is 21.2. The number of methoxy groups -OCH3 is 3. The number of allylic oxidation sites excluding steroid dienone is 1. The minimum absolute atomic E-state index is 0.444. The molecule has 0 saturated carbocycles. The van der Waals surface area contributed by atoms with Crippen molar-refractivity contribution < 1.29 is 18.9 Å². The van der Waals surface area contributed by atoms with Gasteiger partial charge in [0.05, 0.1) is 26.9 Å². The van der Waals surface area contributed by atoms with Crippen LogP contribution in [0.1, 0.15) is 29.2 Å². The average molecular weight is 380 g/mol. The predicted molar refractivity (Wildman–Crippen MR) is 113 cm³/mol. The highest BCUT2D eigenvalue weighted by atomic mass is 16.5. The molecule has 0 aliphatic heterocycles. The lowest BCUT2D eigenvalue weighted by molar-refractivity contribution is 0.360. The van der Waals surface area contributed by atoms with E-state index in [-0.39, 0.29) is 0 Å². The highest BCUT2D eigenvalue weighted by Crippen LogP contribution is 2.37. The van der Waals surface area contributed by atoms with Crippen molar-refractivity contribution >= 4 is 0 Å². The first-order valence-electron chi connectivity index (χ1n) is 9.10. The van der Waals surface area contributed by atoms with Crippen LogP contribution in [0.2, 0.25) is 0 Å². The van der Waals surface area contributed by atoms with Crippen LogP contribution in [0, 0.1) is 32.6 Å². The van der Waals surface area contributed by atoms with E-state index in [9.17, 15) is 0 Å². The average Bonchev–Trinajstić information content (AvgIpc) is 2.70. The Balaban J connectivity index is 2.19. The van der Waals surface area contributed by atoms with E-state index in [1.807, 2.05) is 58.0 Å². The Morgan fingerprint density at radius 3 is 1.96 bits per heavy atom. The second-order valence-corrected chi connectivity index (χ2v) is 6.44. The van der Waals surface area contributed by atoms with Crippen molar-refractivity contribution in [2.45, 2.75) is 27.7 Å². The quantitative estimate of drug-likeness (QED) is 0.660. The van der Waals surface area contributed by atoms with Crippen LogP contribution in [-0.2, 0) is 0 Å². The summed E-state index contributed by atoms with van der Waals surface area (Å²) in [7, 11) is 4.99. The molecule has 2 rings (SSSR count). The monoisotopic (exact) mass is 380 g/mol. The van der Waals surface area contributed by atoms with Crippen LogP contribution in [0.3, 0.4) is 0 Å². The fraction of sp³-hybridized carbons (Fsp3) is 0.333. The van der Waals surface area contributed by atoms with Gasteiger partial charge in [-0.3, -0.25) is 0 Å². The highest BCUT2D eigenvalue weighted by molar-refractivity contribution is 5.64. The minimum Gasteiger partial charge on any atom is -0.497 e. The van der Waals surface area contributed by atoms with Crippen molar-refractivity contribution in [3.8, 4) is 34.8 Å². The first-order chi connectivity index (χ1) is 13.4. The van der Waals surface area contributed by atoms with Gasteiger partial charge in [0.15, 0.2) is 0 Å². The minimum atomic E-state index is 0.444. The van der Waals surface area contributed by atoms with E-state index in [0.717, 1.165) is 50.8 Å². The molecule has 148 valence electrons. The van der Waals surface area contributed by atoms with Gasteiger partial charge in [0.2, 0.25) is 0 Å². The van der Waals surface area contributed by atoms with E-state index in [4.69, 9.17) is 18.9 Å². The number of hydrogen-bond donors (Lipinski definition) is 0. The summed E-state index contributed by atoms with van der Waals surface area (Å²) in [5, 5.41) is 0. The van der Waals surface area contributed by atoms with Gasteiger partial charge in [0.1, 0.15) is 29.6 Å². The Hall–Kier alpha value is -3.06. The Morgan fingerprint density at radius 2 is 1.39 bits per heavy atom. The SMILES string of the molecule is COc1ccc(OC/C=C(/C)C#Cc2c(C)c(OC)c(C)c(C)c2OC)cc1. The summed E-state index contributed by atoms with van der Waals surface area (Å²) < 4.78 is 22.0. The van der Waals surface area contributed by atoms with Gasteiger partial charge in [-0.05, 0) is 74.7 Å². The van der Waals surface area contributed by atoms with Crippen LogP contribution >= 0.6 is 0 Å². The van der Waals surface area contributed by atoms with E-state index in [0.29, 0.717) is 6.61 Å². The molecule has 0 aliphatic rings. The van der Waals surface area contributed by atoms with Crippen LogP contribution in [0.15, 0.2) is 35.9 Å². The zero-order chi connectivity index (χ0) is 20.7. The second-order valence-electron chi connectivity index (χ2n) is 6.44. The van der Waals surface area contributed by atoms with Crippen molar-refractivity contribution in [3.05, 3.63) is 58.2 Å². The number of benzene rings is 2. The molecule has 2 aromatic rings. The largest absolute Gasteiger partial charge is 0.497 e. The Kier molecular flexibility index (Phi) is 7.40. The molecule has 0 heterocycles. The Morgan fingerprint density at radius 1 is 0.821 bits per heavy atom. The van der Waals surface area contributed by atoms with E-state index in [1.54, 1.807) is 21.3 Å². The molecule has 0 aliphatic carbocycles. The molecule has 0 unspecified atom stereocenters. The van der Waals surface area contributed by atoms with Crippen LogP contribution in [0.4, 0.5) is 0 Å². The maximum absolute atomic E-state index is 5.72. The van der Waals surface area contributed by atoms with E-state index < -0.39 is 0 Å². The van der Waals surface area contributed by atoms with Gasteiger partial charge >= 0.3 is 0 Å². The predicted octanol–water partition coefficient (Wildman–Crippen LogP) is 5.01. The van der Waals surface area contributed by atoms with Crippen LogP contribution in [0.5, 0.6) is 23.0 Å². The molecule has 0 saturated heterocycles. The summed E-state index contributed by atoms with van der Waals surface area (Å²) in [4.78, 5) is 0. The standard InChI is InChI=1S/C24H28O4/c1-16(14-15-28-21-11-9-20(25-5)10-12-21)8-13-22-19(4)23(26-6)17(2)18(3)24(22)27-7/h9-12,14H,15H2,1-7H3/b16-14-. The lowest BCUT2D eigenvalue weighted by atomic mass is 9.97. The molecule has 0 radical (unpaired) electrons. The maximum Gasteiger partial charge on any atom is 0.138 e. The fourth-order valence-electron chi connectivity index (χ4n) is 2.95. The Labute approximate surface area is 168 Å². The molecule has 0 N–H and O–H groups in total. The van der Waals surface area contributed by atoms with Crippen LogP contribution in [0.25, 0.3) is 0 Å². The zero-order valence-corrected chi connectivity index (χ0v) is 17.7. The lowest BCUT2D eigenvalue weighted by Gasteiger charge is -2.17. The molecule has 0 atom stereocenters. The van der Waals surface area contributed by atoms with E-state index in [2.05, 4.69) is 11.8 Å². The van der Waals surface area contributed by atoms with E-state index in [1.165, 1.54) is 0 Å². The van der Waals surface area contributed by atoms with Crippen LogP contribution < -0.4 is 18.9 Å². The molecule has 0 amide bonds. The third-order valence-electron chi connectivity index (χ3n) is 4.68. The molecule has 4 heteroatoms. The highest BCUT2D eigenvalue weighted by Gasteiger charge is 2.17. The van der Waals surface area contributed by atoms with Gasteiger partial charge in [0.25, 0.3) is 0 Å². The van der Waals surface area contributed by atoms with Crippen molar-refractivity contribution in [2.75, 3.05) is 27.9 Å². The number of hydrogen-bond acceptors (Lipinski definition) is 4. The molecule has 2 aromatic carbocycles. The van der Waals surface area contributed by atoms with Crippen molar-refractivity contribution in [1.82, 2.24) is 0 Å². The number of ether oxygens (including phenoxy) is 4. The fourth-order valence-corrected chi connectivity index (χ4v) is 2.95. The van der Waals surface area contributed by atoms with Gasteiger partial charge in [-0.1, -0.05) is 11.8 Å². The molecule has 4 nitrogen and oxygen atoms in total. The second kappa shape index (κ2) is 9.75. The van der Waals surface area contributed by atoms with Crippen LogP contribution in [-0.4, -0.2) is 27.9 Å². The molecule has 0 spiro atoms. The molecule has 0 aromatic heterocycles. The van der Waals surface area contributed by atoms with Crippen molar-refractivity contribution in [3.63, 3.8) is 0 Å². The van der Waals surface area contributed by atoms with Gasteiger partial charge in [-0.2, -0.15) is 0 Å². The lowest BCUT2D eigenvalue weighted by Crippen LogP contribution is -2.01. The molecule has 28 heavy (non-hydrogen) atoms. The normalized spacial score (nSPS) is 10.8. The number of rotatable bonds is 6. The first-order valence-corrected chi connectivity index (χ1v) is 9.10. The molecular weight excluding hydrogens is 352 g/mol. The summed E-state index contributed by atoms with van der Waals surface area (Å²) in [6.07, 6.45) is 1.96. The topological polar surface area (TPSA) is 36.9 Å². The summed E-state index contributed by atoms with van der Waals surface area (Å²) >= 11 is 0. The molecule has 0 fully saturated rings. The van der Waals surface area contributed by atoms with Crippen molar-refractivity contribution in [1.29, 1.82) is 0 Å². The summed E-state index contributed by atoms with van der Waals surface area (Å²) in [5.41, 5.74) is 4.87. The van der Waals surface area contributed by atoms with Gasteiger partial charge in [0, 0.05) is 5.56 Å². The van der Waals surface area contributed by atoms with Gasteiger partial charge < -0.3 is 18.9 Å². The molecular formula is C24H28O4. The van der Waals surface area contributed by atoms with E-state index >= 15 is 0 Å². The Bertz CT molecular complexity index is 913. The van der Waals surface area contributed by atoms with Gasteiger partial charge in [-0.25, -0.2) is 0 Å². The smallest absolute Gasteiger partial charge is 0.138 e. The third-order valence-corrected chi connectivity index (χ3v) is 4.68. The maximum atomic E-state index is 5.72. The van der Waals surface area contributed by atoms with Gasteiger partial charge in [-0.15, -0.1) is 0 Å². The third kappa shape index (κ3) is 4.80.